The van der Waals surface area contributed by atoms with E-state index in [0.717, 1.165) is 23.4 Å². The first kappa shape index (κ1) is 33.0. The summed E-state index contributed by atoms with van der Waals surface area (Å²) in [5, 5.41) is 17.4. The molecule has 246 valence electrons. The molecule has 2 aliphatic heterocycles. The molecule has 0 aliphatic carbocycles. The van der Waals surface area contributed by atoms with Crippen LogP contribution < -0.4 is 20.7 Å². The van der Waals surface area contributed by atoms with E-state index < -0.39 is 11.6 Å². The van der Waals surface area contributed by atoms with Gasteiger partial charge in [-0.1, -0.05) is 47.7 Å². The Balaban J connectivity index is 1.27. The second-order valence-electron chi connectivity index (χ2n) is 11.8. The number of carbonyl (C=O) groups excluding carboxylic acids is 3. The highest BCUT2D eigenvalue weighted by molar-refractivity contribution is 5.88. The van der Waals surface area contributed by atoms with Crippen LogP contribution in [0.1, 0.15) is 36.1 Å². The zero-order valence-electron chi connectivity index (χ0n) is 26.3. The van der Waals surface area contributed by atoms with Gasteiger partial charge in [-0.05, 0) is 36.1 Å². The predicted molar refractivity (Wildman–Crippen MR) is 169 cm³/mol. The van der Waals surface area contributed by atoms with E-state index in [4.69, 9.17) is 14.2 Å². The lowest BCUT2D eigenvalue weighted by molar-refractivity contribution is -0.133. The molecule has 1 spiro atoms. The van der Waals surface area contributed by atoms with Crippen LogP contribution in [0.15, 0.2) is 60.8 Å². The molecular weight excluding hydrogens is 590 g/mol. The van der Waals surface area contributed by atoms with Crippen molar-refractivity contribution in [2.24, 2.45) is 0 Å². The molecule has 46 heavy (non-hydrogen) atoms. The second-order valence-corrected chi connectivity index (χ2v) is 11.8. The summed E-state index contributed by atoms with van der Waals surface area (Å²) in [4.78, 5) is 42.2. The third kappa shape index (κ3) is 9.83. The number of nitrogens with one attached hydrogen (secondary N) is 3. The molecule has 13 heteroatoms. The average molecular weight is 634 g/mol. The monoisotopic (exact) mass is 633 g/mol. The topological polar surface area (TPSA) is 149 Å². The van der Waals surface area contributed by atoms with E-state index in [-0.39, 0.29) is 63.5 Å². The minimum absolute atomic E-state index is 0.0271. The highest BCUT2D eigenvalue weighted by atomic mass is 16.5. The zero-order valence-corrected chi connectivity index (χ0v) is 26.3. The number of amides is 3. The number of methoxy groups -OCH3 is 1. The van der Waals surface area contributed by atoms with Gasteiger partial charge in [-0.3, -0.25) is 19.3 Å². The molecule has 2 fully saturated rings. The minimum Gasteiger partial charge on any atom is -0.497 e. The van der Waals surface area contributed by atoms with Gasteiger partial charge in [-0.2, -0.15) is 0 Å². The summed E-state index contributed by atoms with van der Waals surface area (Å²) in [5.74, 6) is -0.160. The van der Waals surface area contributed by atoms with Gasteiger partial charge in [-0.15, -0.1) is 5.10 Å². The van der Waals surface area contributed by atoms with Crippen molar-refractivity contribution in [1.82, 2.24) is 35.8 Å². The van der Waals surface area contributed by atoms with Crippen molar-refractivity contribution in [2.45, 2.75) is 50.4 Å². The summed E-state index contributed by atoms with van der Waals surface area (Å²) in [7, 11) is 1.65. The van der Waals surface area contributed by atoms with E-state index >= 15 is 0 Å². The minimum atomic E-state index is -0.883. The SMILES string of the molecule is COc1cccc(CN2CCC3(CC2)CC(=O)N[C@H](Cc2cn(Cc4ccccc4)nn2)C(=O)NCCOCCOCC(=O)N3)c1. The van der Waals surface area contributed by atoms with Crippen LogP contribution in [0.25, 0.3) is 0 Å². The molecule has 0 radical (unpaired) electrons. The number of benzene rings is 2. The molecule has 0 saturated carbocycles. The van der Waals surface area contributed by atoms with Crippen LogP contribution in [-0.4, -0.2) is 102 Å². The lowest BCUT2D eigenvalue weighted by Gasteiger charge is -2.42. The van der Waals surface area contributed by atoms with E-state index in [0.29, 0.717) is 38.2 Å². The molecule has 1 aromatic heterocycles. The first-order chi connectivity index (χ1) is 22.4. The smallest absolute Gasteiger partial charge is 0.246 e. The van der Waals surface area contributed by atoms with E-state index in [1.54, 1.807) is 18.0 Å². The van der Waals surface area contributed by atoms with Crippen LogP contribution >= 0.6 is 0 Å². The van der Waals surface area contributed by atoms with Crippen molar-refractivity contribution in [2.75, 3.05) is 53.2 Å². The molecule has 2 aliphatic rings. The number of hydrogen-bond acceptors (Lipinski definition) is 9. The number of carbonyl (C=O) groups is 3. The van der Waals surface area contributed by atoms with Gasteiger partial charge in [0.15, 0.2) is 0 Å². The maximum absolute atomic E-state index is 13.6. The van der Waals surface area contributed by atoms with Crippen molar-refractivity contribution in [3.63, 3.8) is 0 Å². The molecule has 3 aromatic rings. The molecule has 5 rings (SSSR count). The lowest BCUT2D eigenvalue weighted by atomic mass is 9.83. The van der Waals surface area contributed by atoms with E-state index in [1.807, 2.05) is 48.5 Å². The van der Waals surface area contributed by atoms with E-state index in [1.165, 1.54) is 0 Å². The van der Waals surface area contributed by atoms with E-state index in [9.17, 15) is 14.4 Å². The van der Waals surface area contributed by atoms with Crippen molar-refractivity contribution in [3.8, 4) is 5.75 Å². The Labute approximate surface area is 268 Å². The summed E-state index contributed by atoms with van der Waals surface area (Å²) in [6.07, 6.45) is 3.09. The second kappa shape index (κ2) is 16.3. The molecule has 3 heterocycles. The maximum atomic E-state index is 13.6. The van der Waals surface area contributed by atoms with Crippen molar-refractivity contribution in [3.05, 3.63) is 77.6 Å². The Kier molecular flexibility index (Phi) is 11.7. The van der Waals surface area contributed by atoms with E-state index in [2.05, 4.69) is 37.2 Å². The van der Waals surface area contributed by atoms with Crippen molar-refractivity contribution < 1.29 is 28.6 Å². The third-order valence-corrected chi connectivity index (χ3v) is 8.25. The van der Waals surface area contributed by atoms with Crippen molar-refractivity contribution >= 4 is 17.7 Å². The molecule has 3 N–H and O–H groups in total. The molecule has 2 aromatic carbocycles. The Morgan fingerprint density at radius 3 is 2.52 bits per heavy atom. The summed E-state index contributed by atoms with van der Waals surface area (Å²) in [6, 6.07) is 16.9. The van der Waals surface area contributed by atoms with Gasteiger partial charge in [0.25, 0.3) is 0 Å². The zero-order chi connectivity index (χ0) is 32.2. The van der Waals surface area contributed by atoms with Gasteiger partial charge in [0, 0.05) is 45.2 Å². The van der Waals surface area contributed by atoms with Gasteiger partial charge in [0.2, 0.25) is 17.7 Å². The number of nitrogens with zero attached hydrogens (tertiary/aromatic N) is 4. The summed E-state index contributed by atoms with van der Waals surface area (Å²) >= 11 is 0. The normalized spacial score (nSPS) is 20.5. The highest BCUT2D eigenvalue weighted by Crippen LogP contribution is 2.28. The maximum Gasteiger partial charge on any atom is 0.246 e. The predicted octanol–water partition coefficient (Wildman–Crippen LogP) is 1.07. The number of rotatable bonds is 7. The van der Waals surface area contributed by atoms with Crippen LogP contribution in [0.5, 0.6) is 5.75 Å². The van der Waals surface area contributed by atoms with Gasteiger partial charge in [-0.25, -0.2) is 4.68 Å². The standard InChI is InChI=1S/C33H43N7O6/c1-44-28-9-5-8-26(18-28)21-39-13-10-33(11-14-39)20-30(41)35-29(32(43)34-12-15-45-16-17-46-24-31(42)36-33)19-27-23-40(38-37-27)22-25-6-3-2-4-7-25/h2-9,18,23,29H,10-17,19-22,24H2,1H3,(H,34,43)(H,35,41)(H,36,42)/t29-/m1/s1. The Morgan fingerprint density at radius 1 is 0.935 bits per heavy atom. The summed E-state index contributed by atoms with van der Waals surface area (Å²) in [5.41, 5.74) is 1.98. The number of aromatic nitrogens is 3. The molecular formula is C33H43N7O6. The van der Waals surface area contributed by atoms with Gasteiger partial charge < -0.3 is 30.2 Å². The molecule has 3 amide bonds. The van der Waals surface area contributed by atoms with Gasteiger partial charge >= 0.3 is 0 Å². The first-order valence-corrected chi connectivity index (χ1v) is 15.7. The number of ether oxygens (including phenoxy) is 3. The van der Waals surface area contributed by atoms with Crippen LogP contribution in [0.3, 0.4) is 0 Å². The molecule has 2 saturated heterocycles. The number of hydrogen-bond donors (Lipinski definition) is 3. The fourth-order valence-corrected chi connectivity index (χ4v) is 5.85. The van der Waals surface area contributed by atoms with Crippen LogP contribution in [0.4, 0.5) is 0 Å². The fraction of sp³-hybridized carbons (Fsp3) is 0.485. The largest absolute Gasteiger partial charge is 0.497 e. The number of likely N-dealkylation sites (tertiary alicyclic amines) is 1. The molecule has 13 nitrogen and oxygen atoms in total. The Bertz CT molecular complexity index is 1440. The summed E-state index contributed by atoms with van der Waals surface area (Å²) < 4.78 is 18.1. The first-order valence-electron chi connectivity index (χ1n) is 15.7. The number of piperidine rings is 1. The fourth-order valence-electron chi connectivity index (χ4n) is 5.85. The molecule has 0 bridgehead atoms. The summed E-state index contributed by atoms with van der Waals surface area (Å²) in [6.45, 7) is 3.55. The molecule has 1 atom stereocenters. The van der Waals surface area contributed by atoms with Crippen molar-refractivity contribution in [1.29, 1.82) is 0 Å². The van der Waals surface area contributed by atoms with Gasteiger partial charge in [0.05, 0.1) is 44.7 Å². The third-order valence-electron chi connectivity index (χ3n) is 8.25. The van der Waals surface area contributed by atoms with Gasteiger partial charge in [0.1, 0.15) is 18.4 Å². The Morgan fingerprint density at radius 2 is 1.72 bits per heavy atom. The highest BCUT2D eigenvalue weighted by Gasteiger charge is 2.39. The Hall–Kier alpha value is -4.33. The quantitative estimate of drug-likeness (QED) is 0.347. The average Bonchev–Trinajstić information content (AvgIpc) is 3.49. The van der Waals surface area contributed by atoms with Crippen LogP contribution in [-0.2, 0) is 43.4 Å². The van der Waals surface area contributed by atoms with Crippen LogP contribution in [0.2, 0.25) is 0 Å². The molecule has 0 unspecified atom stereocenters. The van der Waals surface area contributed by atoms with Crippen LogP contribution in [0, 0.1) is 0 Å². The lowest BCUT2D eigenvalue weighted by Crippen LogP contribution is -2.59.